The smallest absolute Gasteiger partial charge is 0.416 e. The number of ether oxygens (including phenoxy) is 1. The molecule has 1 aromatic carbocycles. The normalized spacial score (nSPS) is 13.1. The predicted molar refractivity (Wildman–Crippen MR) is 70.2 cm³/mol. The van der Waals surface area contributed by atoms with Gasteiger partial charge in [0.2, 0.25) is 0 Å². The van der Waals surface area contributed by atoms with Crippen molar-refractivity contribution in [3.05, 3.63) is 35.4 Å². The molecule has 0 saturated heterocycles. The maximum atomic E-state index is 12.4. The number of alkyl halides is 3. The van der Waals surface area contributed by atoms with E-state index in [1.807, 2.05) is 0 Å². The van der Waals surface area contributed by atoms with Gasteiger partial charge in [-0.25, -0.2) is 0 Å². The average molecular weight is 288 g/mol. The summed E-state index contributed by atoms with van der Waals surface area (Å²) in [7, 11) is 0. The number of hydrogen-bond donors (Lipinski definition) is 0. The van der Waals surface area contributed by atoms with Crippen molar-refractivity contribution >= 4 is 5.97 Å². The lowest BCUT2D eigenvalue weighted by molar-refractivity contribution is -0.147. The van der Waals surface area contributed by atoms with Gasteiger partial charge in [0.1, 0.15) is 0 Å². The Bertz CT molecular complexity index is 424. The van der Waals surface area contributed by atoms with Gasteiger partial charge >= 0.3 is 12.1 Å². The van der Waals surface area contributed by atoms with Crippen molar-refractivity contribution < 1.29 is 22.7 Å². The SMILES string of the molecule is CCOC(=O)C(C)CCCc1ccc(C(F)(F)F)cc1. The Labute approximate surface area is 116 Å². The molecule has 1 atom stereocenters. The van der Waals surface area contributed by atoms with Gasteiger partial charge in [0.15, 0.2) is 0 Å². The summed E-state index contributed by atoms with van der Waals surface area (Å²) in [6.07, 6.45) is -2.23. The number of carbonyl (C=O) groups excluding carboxylic acids is 1. The molecule has 0 spiro atoms. The number of esters is 1. The molecule has 112 valence electrons. The minimum absolute atomic E-state index is 0.176. The van der Waals surface area contributed by atoms with E-state index in [1.54, 1.807) is 13.8 Å². The predicted octanol–water partition coefficient (Wildman–Crippen LogP) is 4.23. The van der Waals surface area contributed by atoms with Crippen molar-refractivity contribution in [1.82, 2.24) is 0 Å². The molecule has 0 heterocycles. The third-order valence-electron chi connectivity index (χ3n) is 3.07. The molecule has 0 aliphatic carbocycles. The Balaban J connectivity index is 2.41. The fourth-order valence-electron chi connectivity index (χ4n) is 1.88. The summed E-state index contributed by atoms with van der Waals surface area (Å²) in [6.45, 7) is 3.92. The van der Waals surface area contributed by atoms with Crippen molar-refractivity contribution in [2.75, 3.05) is 6.61 Å². The van der Waals surface area contributed by atoms with Crippen LogP contribution in [-0.4, -0.2) is 12.6 Å². The van der Waals surface area contributed by atoms with Gasteiger partial charge in [0, 0.05) is 0 Å². The third-order valence-corrected chi connectivity index (χ3v) is 3.07. The van der Waals surface area contributed by atoms with Crippen LogP contribution in [0.4, 0.5) is 13.2 Å². The fourth-order valence-corrected chi connectivity index (χ4v) is 1.88. The highest BCUT2D eigenvalue weighted by Crippen LogP contribution is 2.29. The van der Waals surface area contributed by atoms with Gasteiger partial charge in [-0.3, -0.25) is 4.79 Å². The van der Waals surface area contributed by atoms with Crippen LogP contribution >= 0.6 is 0 Å². The van der Waals surface area contributed by atoms with Crippen molar-refractivity contribution in [2.45, 2.75) is 39.3 Å². The molecular weight excluding hydrogens is 269 g/mol. The standard InChI is InChI=1S/C15H19F3O2/c1-3-20-14(19)11(2)5-4-6-12-7-9-13(10-8-12)15(16,17)18/h7-11H,3-6H2,1-2H3. The lowest BCUT2D eigenvalue weighted by Gasteiger charge is -2.10. The molecule has 0 radical (unpaired) electrons. The van der Waals surface area contributed by atoms with Crippen LogP contribution in [0.1, 0.15) is 37.8 Å². The van der Waals surface area contributed by atoms with Gasteiger partial charge in [-0.05, 0) is 43.9 Å². The van der Waals surface area contributed by atoms with Crippen molar-refractivity contribution in [3.63, 3.8) is 0 Å². The fraction of sp³-hybridized carbons (Fsp3) is 0.533. The highest BCUT2D eigenvalue weighted by Gasteiger charge is 2.29. The highest BCUT2D eigenvalue weighted by molar-refractivity contribution is 5.71. The first kappa shape index (κ1) is 16.5. The van der Waals surface area contributed by atoms with E-state index < -0.39 is 11.7 Å². The summed E-state index contributed by atoms with van der Waals surface area (Å²) in [4.78, 5) is 11.4. The molecule has 0 fully saturated rings. The first-order chi connectivity index (χ1) is 9.34. The van der Waals surface area contributed by atoms with E-state index in [0.717, 1.165) is 24.1 Å². The Morgan fingerprint density at radius 3 is 2.35 bits per heavy atom. The molecule has 0 saturated carbocycles. The van der Waals surface area contributed by atoms with Gasteiger partial charge in [-0.2, -0.15) is 13.2 Å². The highest BCUT2D eigenvalue weighted by atomic mass is 19.4. The maximum absolute atomic E-state index is 12.4. The van der Waals surface area contributed by atoms with Crippen LogP contribution in [0.2, 0.25) is 0 Å². The average Bonchev–Trinajstić information content (AvgIpc) is 2.38. The third kappa shape index (κ3) is 5.23. The summed E-state index contributed by atoms with van der Waals surface area (Å²) >= 11 is 0. The summed E-state index contributed by atoms with van der Waals surface area (Å²) in [5.41, 5.74) is 0.204. The van der Waals surface area contributed by atoms with E-state index in [-0.39, 0.29) is 11.9 Å². The Morgan fingerprint density at radius 2 is 1.85 bits per heavy atom. The minimum atomic E-state index is -4.29. The molecule has 20 heavy (non-hydrogen) atoms. The second kappa shape index (κ2) is 7.31. The van der Waals surface area contributed by atoms with Crippen molar-refractivity contribution in [3.8, 4) is 0 Å². The Kier molecular flexibility index (Phi) is 6.05. The molecular formula is C15H19F3O2. The molecule has 2 nitrogen and oxygen atoms in total. The lowest BCUT2D eigenvalue weighted by atomic mass is 10.0. The zero-order valence-electron chi connectivity index (χ0n) is 11.7. The molecule has 0 bridgehead atoms. The van der Waals surface area contributed by atoms with Crippen molar-refractivity contribution in [2.24, 2.45) is 5.92 Å². The summed E-state index contributed by atoms with van der Waals surface area (Å²) < 4.78 is 42.1. The van der Waals surface area contributed by atoms with Gasteiger partial charge in [-0.1, -0.05) is 19.1 Å². The van der Waals surface area contributed by atoms with Gasteiger partial charge in [0.05, 0.1) is 18.1 Å². The molecule has 0 aromatic heterocycles. The Hall–Kier alpha value is -1.52. The van der Waals surface area contributed by atoms with Crippen LogP contribution in [0.3, 0.4) is 0 Å². The van der Waals surface area contributed by atoms with Crippen LogP contribution < -0.4 is 0 Å². The molecule has 0 N–H and O–H groups in total. The molecule has 0 aliphatic rings. The van der Waals surface area contributed by atoms with Crippen molar-refractivity contribution in [1.29, 1.82) is 0 Å². The summed E-state index contributed by atoms with van der Waals surface area (Å²) in [6, 6.07) is 5.14. The van der Waals surface area contributed by atoms with Gasteiger partial charge < -0.3 is 4.74 Å². The van der Waals surface area contributed by atoms with E-state index >= 15 is 0 Å². The van der Waals surface area contributed by atoms with Crippen LogP contribution in [0.5, 0.6) is 0 Å². The van der Waals surface area contributed by atoms with Crippen LogP contribution in [-0.2, 0) is 22.1 Å². The number of carbonyl (C=O) groups is 1. The van der Waals surface area contributed by atoms with Crippen LogP contribution in [0, 0.1) is 5.92 Å². The number of aryl methyl sites for hydroxylation is 1. The van der Waals surface area contributed by atoms with E-state index in [2.05, 4.69) is 0 Å². The Morgan fingerprint density at radius 1 is 1.25 bits per heavy atom. The zero-order chi connectivity index (χ0) is 15.2. The first-order valence-corrected chi connectivity index (χ1v) is 6.67. The van der Waals surface area contributed by atoms with E-state index in [1.165, 1.54) is 12.1 Å². The minimum Gasteiger partial charge on any atom is -0.466 e. The van der Waals surface area contributed by atoms with Crippen LogP contribution in [0.15, 0.2) is 24.3 Å². The number of halogens is 3. The lowest BCUT2D eigenvalue weighted by Crippen LogP contribution is -2.14. The van der Waals surface area contributed by atoms with Crippen LogP contribution in [0.25, 0.3) is 0 Å². The molecule has 5 heteroatoms. The quantitative estimate of drug-likeness (QED) is 0.732. The monoisotopic (exact) mass is 288 g/mol. The zero-order valence-corrected chi connectivity index (χ0v) is 11.7. The number of hydrogen-bond acceptors (Lipinski definition) is 2. The molecule has 0 amide bonds. The number of rotatable bonds is 6. The van der Waals surface area contributed by atoms with E-state index in [4.69, 9.17) is 4.74 Å². The topological polar surface area (TPSA) is 26.3 Å². The second-order valence-corrected chi connectivity index (χ2v) is 4.74. The summed E-state index contributed by atoms with van der Waals surface area (Å²) in [5, 5.41) is 0. The second-order valence-electron chi connectivity index (χ2n) is 4.74. The van der Waals surface area contributed by atoms with E-state index in [0.29, 0.717) is 19.4 Å². The molecule has 1 aromatic rings. The first-order valence-electron chi connectivity index (χ1n) is 6.67. The largest absolute Gasteiger partial charge is 0.466 e. The number of benzene rings is 1. The summed E-state index contributed by atoms with van der Waals surface area (Å²) in [5.74, 6) is -0.399. The van der Waals surface area contributed by atoms with Gasteiger partial charge in [-0.15, -0.1) is 0 Å². The van der Waals surface area contributed by atoms with E-state index in [9.17, 15) is 18.0 Å². The van der Waals surface area contributed by atoms with Gasteiger partial charge in [0.25, 0.3) is 0 Å². The molecule has 0 aliphatic heterocycles. The molecule has 1 rings (SSSR count). The molecule has 1 unspecified atom stereocenters. The maximum Gasteiger partial charge on any atom is 0.416 e.